The number of hydrogen-bond acceptors (Lipinski definition) is 5. The molecule has 0 aliphatic heterocycles. The lowest BCUT2D eigenvalue weighted by Gasteiger charge is -2.19. The predicted molar refractivity (Wildman–Crippen MR) is 54.5 cm³/mol. The Balaban J connectivity index is 2.54. The van der Waals surface area contributed by atoms with Crippen LogP contribution in [0.4, 0.5) is 9.80 Å². The van der Waals surface area contributed by atoms with Crippen LogP contribution < -0.4 is 5.32 Å². The second kappa shape index (κ2) is 3.91. The maximum absolute atomic E-state index is 11.3. The highest BCUT2D eigenvalue weighted by molar-refractivity contribution is 7.10. The smallest absolute Gasteiger partial charge is 0.412 e. The molecule has 0 radical (unpaired) electrons. The molecule has 0 unspecified atom stereocenters. The maximum Gasteiger partial charge on any atom is 0.412 e. The van der Waals surface area contributed by atoms with E-state index in [0.29, 0.717) is 10.7 Å². The van der Waals surface area contributed by atoms with Gasteiger partial charge in [0.05, 0.1) is 5.69 Å². The fourth-order valence-electron chi connectivity index (χ4n) is 0.744. The minimum Gasteiger partial charge on any atom is -0.444 e. The summed E-state index contributed by atoms with van der Waals surface area (Å²) in [6, 6.07) is 0. The molecule has 5 nitrogen and oxygen atoms in total. The number of ether oxygens (including phenoxy) is 1. The van der Waals surface area contributed by atoms with Crippen LogP contribution in [0.3, 0.4) is 0 Å². The number of carbonyl (C=O) groups is 1. The van der Waals surface area contributed by atoms with Gasteiger partial charge in [-0.25, -0.2) is 4.79 Å². The number of carbonyl (C=O) groups excluding carboxylic acids is 1. The van der Waals surface area contributed by atoms with Gasteiger partial charge in [-0.2, -0.15) is 0 Å². The third-order valence-corrected chi connectivity index (χ3v) is 2.01. The molecule has 1 aromatic rings. The summed E-state index contributed by atoms with van der Waals surface area (Å²) in [7, 11) is 0. The molecular formula is C8H13N3O2S. The van der Waals surface area contributed by atoms with E-state index in [1.807, 2.05) is 20.8 Å². The van der Waals surface area contributed by atoms with Gasteiger partial charge in [0, 0.05) is 11.5 Å². The van der Waals surface area contributed by atoms with Gasteiger partial charge < -0.3 is 4.74 Å². The summed E-state index contributed by atoms with van der Waals surface area (Å²) >= 11 is 1.13. The van der Waals surface area contributed by atoms with E-state index in [4.69, 9.17) is 4.74 Å². The number of aromatic nitrogens is 2. The van der Waals surface area contributed by atoms with Crippen molar-refractivity contribution < 1.29 is 9.53 Å². The Labute approximate surface area is 86.6 Å². The van der Waals surface area contributed by atoms with Crippen molar-refractivity contribution in [2.24, 2.45) is 0 Å². The van der Waals surface area contributed by atoms with Gasteiger partial charge >= 0.3 is 6.09 Å². The Morgan fingerprint density at radius 2 is 2.14 bits per heavy atom. The van der Waals surface area contributed by atoms with Gasteiger partial charge in [0.2, 0.25) is 0 Å². The first-order valence-corrected chi connectivity index (χ1v) is 4.95. The van der Waals surface area contributed by atoms with E-state index in [-0.39, 0.29) is 0 Å². The molecule has 0 aliphatic rings. The van der Waals surface area contributed by atoms with Crippen molar-refractivity contribution in [3.05, 3.63) is 5.69 Å². The molecule has 78 valence electrons. The average Bonchev–Trinajstić information content (AvgIpc) is 2.32. The molecule has 0 bridgehead atoms. The first-order valence-electron chi connectivity index (χ1n) is 4.17. The van der Waals surface area contributed by atoms with E-state index in [0.717, 1.165) is 11.5 Å². The Morgan fingerprint density at radius 1 is 1.50 bits per heavy atom. The van der Waals surface area contributed by atoms with E-state index < -0.39 is 11.7 Å². The molecule has 1 amide bonds. The third-order valence-electron chi connectivity index (χ3n) is 1.27. The first kappa shape index (κ1) is 10.9. The van der Waals surface area contributed by atoms with E-state index in [9.17, 15) is 4.79 Å². The van der Waals surface area contributed by atoms with Crippen LogP contribution in [0.1, 0.15) is 26.5 Å². The summed E-state index contributed by atoms with van der Waals surface area (Å²) in [6.45, 7) is 7.20. The topological polar surface area (TPSA) is 64.1 Å². The number of amides is 1. The molecule has 1 rings (SSSR count). The predicted octanol–water partition coefficient (Wildman–Crippen LogP) is 2.19. The van der Waals surface area contributed by atoms with Gasteiger partial charge in [0.1, 0.15) is 10.6 Å². The Morgan fingerprint density at radius 3 is 2.57 bits per heavy atom. The van der Waals surface area contributed by atoms with Crippen LogP contribution in [0.25, 0.3) is 0 Å². The van der Waals surface area contributed by atoms with Gasteiger partial charge in [-0.15, -0.1) is 5.10 Å². The number of rotatable bonds is 1. The zero-order chi connectivity index (χ0) is 10.8. The summed E-state index contributed by atoms with van der Waals surface area (Å²) in [4.78, 5) is 11.3. The standard InChI is InChI=1S/C8H13N3O2S/c1-5-6(14-11-10-5)9-7(12)13-8(2,3)4/h1-4H3,(H,9,12). The summed E-state index contributed by atoms with van der Waals surface area (Å²) in [5, 5.41) is 6.97. The molecule has 6 heteroatoms. The quantitative estimate of drug-likeness (QED) is 0.780. The molecule has 1 aromatic heterocycles. The molecule has 1 N–H and O–H groups in total. The molecule has 0 saturated heterocycles. The largest absolute Gasteiger partial charge is 0.444 e. The number of hydrogen-bond donors (Lipinski definition) is 1. The van der Waals surface area contributed by atoms with E-state index in [1.54, 1.807) is 6.92 Å². The van der Waals surface area contributed by atoms with Crippen LogP contribution in [0.15, 0.2) is 0 Å². The number of nitrogens with zero attached hydrogens (tertiary/aromatic N) is 2. The van der Waals surface area contributed by atoms with Gasteiger partial charge in [0.25, 0.3) is 0 Å². The highest BCUT2D eigenvalue weighted by Crippen LogP contribution is 2.17. The molecule has 1 heterocycles. The minimum absolute atomic E-state index is 0.480. The summed E-state index contributed by atoms with van der Waals surface area (Å²) in [5.74, 6) is 0. The molecular weight excluding hydrogens is 202 g/mol. The monoisotopic (exact) mass is 215 g/mol. The first-order chi connectivity index (χ1) is 6.38. The second-order valence-corrected chi connectivity index (χ2v) is 4.57. The van der Waals surface area contributed by atoms with Crippen molar-refractivity contribution in [3.63, 3.8) is 0 Å². The molecule has 0 spiro atoms. The van der Waals surface area contributed by atoms with Crippen molar-refractivity contribution in [2.45, 2.75) is 33.3 Å². The number of anilines is 1. The Bertz CT molecular complexity index is 330. The van der Waals surface area contributed by atoms with Crippen LogP contribution in [0, 0.1) is 6.92 Å². The summed E-state index contributed by atoms with van der Waals surface area (Å²) in [5.41, 5.74) is 0.205. The van der Waals surface area contributed by atoms with Crippen LogP contribution in [-0.2, 0) is 4.74 Å². The van der Waals surface area contributed by atoms with Gasteiger partial charge in [-0.05, 0) is 27.7 Å². The number of aryl methyl sites for hydroxylation is 1. The van der Waals surface area contributed by atoms with Gasteiger partial charge in [-0.3, -0.25) is 5.32 Å². The Hall–Kier alpha value is -1.17. The molecule has 0 aromatic carbocycles. The lowest BCUT2D eigenvalue weighted by atomic mass is 10.2. The molecule has 14 heavy (non-hydrogen) atoms. The SMILES string of the molecule is Cc1nnsc1NC(=O)OC(C)(C)C. The highest BCUT2D eigenvalue weighted by atomic mass is 32.1. The van der Waals surface area contributed by atoms with E-state index in [2.05, 4.69) is 14.9 Å². The average molecular weight is 215 g/mol. The maximum atomic E-state index is 11.3. The van der Waals surface area contributed by atoms with Crippen LogP contribution in [0.5, 0.6) is 0 Å². The highest BCUT2D eigenvalue weighted by Gasteiger charge is 2.17. The fourth-order valence-corrected chi connectivity index (χ4v) is 1.29. The van der Waals surface area contributed by atoms with Crippen molar-refractivity contribution in [2.75, 3.05) is 5.32 Å². The molecule has 0 saturated carbocycles. The van der Waals surface area contributed by atoms with Gasteiger partial charge in [0.15, 0.2) is 0 Å². The molecule has 0 atom stereocenters. The second-order valence-electron chi connectivity index (χ2n) is 3.81. The zero-order valence-electron chi connectivity index (χ0n) is 8.62. The number of nitrogens with one attached hydrogen (secondary N) is 1. The Kier molecular flexibility index (Phi) is 3.05. The fraction of sp³-hybridized carbons (Fsp3) is 0.625. The summed E-state index contributed by atoms with van der Waals surface area (Å²) in [6.07, 6.45) is -0.480. The minimum atomic E-state index is -0.490. The van der Waals surface area contributed by atoms with E-state index >= 15 is 0 Å². The van der Waals surface area contributed by atoms with Crippen molar-refractivity contribution in [3.8, 4) is 0 Å². The summed E-state index contributed by atoms with van der Waals surface area (Å²) < 4.78 is 8.76. The van der Waals surface area contributed by atoms with Crippen LogP contribution >= 0.6 is 11.5 Å². The van der Waals surface area contributed by atoms with E-state index in [1.165, 1.54) is 0 Å². The van der Waals surface area contributed by atoms with Crippen LogP contribution in [-0.4, -0.2) is 21.3 Å². The molecule has 0 aliphatic carbocycles. The van der Waals surface area contributed by atoms with Gasteiger partial charge in [-0.1, -0.05) is 4.49 Å². The normalized spacial score (nSPS) is 11.1. The lowest BCUT2D eigenvalue weighted by Crippen LogP contribution is -2.27. The lowest BCUT2D eigenvalue weighted by molar-refractivity contribution is 0.0636. The third kappa shape index (κ3) is 3.29. The zero-order valence-corrected chi connectivity index (χ0v) is 9.44. The van der Waals surface area contributed by atoms with Crippen molar-refractivity contribution in [1.82, 2.24) is 9.59 Å². The van der Waals surface area contributed by atoms with Crippen molar-refractivity contribution in [1.29, 1.82) is 0 Å². The van der Waals surface area contributed by atoms with Crippen LogP contribution in [0.2, 0.25) is 0 Å². The molecule has 0 fully saturated rings. The van der Waals surface area contributed by atoms with Crippen molar-refractivity contribution >= 4 is 22.6 Å².